The summed E-state index contributed by atoms with van der Waals surface area (Å²) in [4.78, 5) is 21.8. The third kappa shape index (κ3) is 3.95. The van der Waals surface area contributed by atoms with Crippen LogP contribution in [0.4, 0.5) is 0 Å². The lowest BCUT2D eigenvalue weighted by molar-refractivity contribution is 0.199. The van der Waals surface area contributed by atoms with Gasteiger partial charge in [0.15, 0.2) is 0 Å². The maximum atomic E-state index is 4.94. The van der Waals surface area contributed by atoms with Gasteiger partial charge in [0.25, 0.3) is 0 Å². The number of para-hydroxylation sites is 2. The van der Waals surface area contributed by atoms with Gasteiger partial charge in [0, 0.05) is 29.9 Å². The lowest BCUT2D eigenvalue weighted by Crippen LogP contribution is -2.30. The minimum atomic E-state index is 0.347. The lowest BCUT2D eigenvalue weighted by atomic mass is 10.1. The van der Waals surface area contributed by atoms with Gasteiger partial charge in [0.2, 0.25) is 0 Å². The van der Waals surface area contributed by atoms with Crippen LogP contribution in [-0.2, 0) is 13.1 Å². The maximum Gasteiger partial charge on any atom is 0.0897 e. The van der Waals surface area contributed by atoms with Crippen molar-refractivity contribution in [3.8, 4) is 0 Å². The molecule has 4 aromatic heterocycles. The van der Waals surface area contributed by atoms with Gasteiger partial charge in [0.05, 0.1) is 44.5 Å². The highest BCUT2D eigenvalue weighted by molar-refractivity contribution is 5.91. The Morgan fingerprint density at radius 3 is 1.47 bits per heavy atom. The number of rotatable bonds is 5. The van der Waals surface area contributed by atoms with E-state index in [1.54, 1.807) is 0 Å². The van der Waals surface area contributed by atoms with Crippen molar-refractivity contribution in [1.82, 2.24) is 24.8 Å². The van der Waals surface area contributed by atoms with E-state index in [0.29, 0.717) is 6.04 Å². The highest BCUT2D eigenvalue weighted by Crippen LogP contribution is 2.21. The summed E-state index contributed by atoms with van der Waals surface area (Å²) in [5.41, 5.74) is 7.78. The number of hydrogen-bond donors (Lipinski definition) is 0. The topological polar surface area (TPSA) is 54.8 Å². The molecule has 0 saturated heterocycles. The molecule has 0 unspecified atom stereocenters. The second-order valence-electron chi connectivity index (χ2n) is 9.04. The van der Waals surface area contributed by atoms with Crippen LogP contribution >= 0.6 is 0 Å². The number of nitrogens with zero attached hydrogens (tertiary/aromatic N) is 5. The molecule has 5 nitrogen and oxygen atoms in total. The predicted molar refractivity (Wildman–Crippen MR) is 138 cm³/mol. The monoisotopic (exact) mass is 443 g/mol. The second kappa shape index (κ2) is 8.43. The summed E-state index contributed by atoms with van der Waals surface area (Å²) < 4.78 is 0. The Labute approximate surface area is 198 Å². The highest BCUT2D eigenvalue weighted by atomic mass is 15.2. The molecule has 5 heteroatoms. The standard InChI is InChI=1S/C29H25N5/c1-19(2)34(17-22-11-13-26-28(30-22)15-20-7-3-5-9-24(20)32-26)18-23-12-14-27-29(31-23)16-21-8-4-6-10-25(21)33-27/h3-16,19H,17-18H2,1-2H3. The Bertz CT molecular complexity index is 1540. The van der Waals surface area contributed by atoms with Crippen LogP contribution in [0.1, 0.15) is 25.2 Å². The zero-order chi connectivity index (χ0) is 23.1. The fourth-order valence-corrected chi connectivity index (χ4v) is 4.41. The van der Waals surface area contributed by atoms with E-state index in [4.69, 9.17) is 19.9 Å². The maximum absolute atomic E-state index is 4.94. The molecule has 166 valence electrons. The van der Waals surface area contributed by atoms with Crippen LogP contribution < -0.4 is 0 Å². The van der Waals surface area contributed by atoms with Gasteiger partial charge in [-0.05, 0) is 62.4 Å². The molecule has 0 spiro atoms. The average molecular weight is 444 g/mol. The molecule has 0 atom stereocenters. The number of pyridine rings is 4. The van der Waals surface area contributed by atoms with E-state index in [1.807, 2.05) is 36.4 Å². The SMILES string of the molecule is CC(C)N(Cc1ccc2nc3ccccc3cc2n1)Cc1ccc2nc3ccccc3cc2n1. The smallest absolute Gasteiger partial charge is 0.0897 e. The second-order valence-corrected chi connectivity index (χ2v) is 9.04. The van der Waals surface area contributed by atoms with Crippen LogP contribution in [-0.4, -0.2) is 30.9 Å². The molecule has 0 aliphatic rings. The normalized spacial score (nSPS) is 12.0. The first-order valence-electron chi connectivity index (χ1n) is 11.7. The molecule has 2 aromatic carbocycles. The van der Waals surface area contributed by atoms with Gasteiger partial charge >= 0.3 is 0 Å². The molecule has 0 amide bonds. The van der Waals surface area contributed by atoms with Gasteiger partial charge in [-0.25, -0.2) is 19.9 Å². The fraction of sp³-hybridized carbons (Fsp3) is 0.172. The minimum Gasteiger partial charge on any atom is -0.289 e. The van der Waals surface area contributed by atoms with Crippen LogP contribution in [0.3, 0.4) is 0 Å². The molecule has 0 saturated carbocycles. The highest BCUT2D eigenvalue weighted by Gasteiger charge is 2.14. The summed E-state index contributed by atoms with van der Waals surface area (Å²) in [6.07, 6.45) is 0. The quantitative estimate of drug-likeness (QED) is 0.293. The van der Waals surface area contributed by atoms with Crippen molar-refractivity contribution in [2.24, 2.45) is 0 Å². The van der Waals surface area contributed by atoms with Crippen molar-refractivity contribution in [2.75, 3.05) is 0 Å². The Morgan fingerprint density at radius 2 is 1.00 bits per heavy atom. The minimum absolute atomic E-state index is 0.347. The van der Waals surface area contributed by atoms with Gasteiger partial charge in [-0.1, -0.05) is 36.4 Å². The predicted octanol–water partition coefficient (Wildman–Crippen LogP) is 6.29. The number of hydrogen-bond acceptors (Lipinski definition) is 5. The molecule has 0 bridgehead atoms. The van der Waals surface area contributed by atoms with E-state index in [-0.39, 0.29) is 0 Å². The van der Waals surface area contributed by atoms with Crippen LogP contribution in [0, 0.1) is 0 Å². The Kier molecular flexibility index (Phi) is 5.12. The molecule has 34 heavy (non-hydrogen) atoms. The average Bonchev–Trinajstić information content (AvgIpc) is 2.85. The summed E-state index contributed by atoms with van der Waals surface area (Å²) in [5.74, 6) is 0. The van der Waals surface area contributed by atoms with E-state index in [2.05, 4.69) is 67.3 Å². The molecule has 0 radical (unpaired) electrons. The number of benzene rings is 2. The summed E-state index contributed by atoms with van der Waals surface area (Å²) in [6, 6.07) is 29.3. The summed E-state index contributed by atoms with van der Waals surface area (Å²) in [5, 5.41) is 2.23. The Balaban J connectivity index is 1.29. The number of aromatic nitrogens is 4. The summed E-state index contributed by atoms with van der Waals surface area (Å²) >= 11 is 0. The van der Waals surface area contributed by atoms with Crippen molar-refractivity contribution in [1.29, 1.82) is 0 Å². The van der Waals surface area contributed by atoms with Crippen LogP contribution in [0.5, 0.6) is 0 Å². The molecule has 0 aliphatic heterocycles. The molecule has 0 fully saturated rings. The van der Waals surface area contributed by atoms with Gasteiger partial charge in [-0.2, -0.15) is 0 Å². The van der Waals surface area contributed by atoms with Crippen molar-refractivity contribution >= 4 is 43.9 Å². The van der Waals surface area contributed by atoms with Gasteiger partial charge < -0.3 is 0 Å². The fourth-order valence-electron chi connectivity index (χ4n) is 4.41. The third-order valence-electron chi connectivity index (χ3n) is 6.32. The third-order valence-corrected chi connectivity index (χ3v) is 6.32. The molecule has 0 N–H and O–H groups in total. The summed E-state index contributed by atoms with van der Waals surface area (Å²) in [7, 11) is 0. The largest absolute Gasteiger partial charge is 0.289 e. The van der Waals surface area contributed by atoms with E-state index in [9.17, 15) is 0 Å². The number of fused-ring (bicyclic) bond motifs is 4. The summed E-state index contributed by atoms with van der Waals surface area (Å²) in [6.45, 7) is 5.92. The lowest BCUT2D eigenvalue weighted by Gasteiger charge is -2.26. The first-order valence-corrected chi connectivity index (χ1v) is 11.7. The molecule has 0 aliphatic carbocycles. The van der Waals surface area contributed by atoms with E-state index in [1.165, 1.54) is 0 Å². The van der Waals surface area contributed by atoms with Crippen LogP contribution in [0.25, 0.3) is 43.9 Å². The van der Waals surface area contributed by atoms with Gasteiger partial charge in [-0.15, -0.1) is 0 Å². The Hall–Kier alpha value is -3.96. The van der Waals surface area contributed by atoms with Crippen molar-refractivity contribution in [3.05, 3.63) is 96.3 Å². The van der Waals surface area contributed by atoms with E-state index in [0.717, 1.165) is 68.4 Å². The molecular formula is C29H25N5. The molecular weight excluding hydrogens is 418 g/mol. The van der Waals surface area contributed by atoms with Gasteiger partial charge in [-0.3, -0.25) is 4.90 Å². The van der Waals surface area contributed by atoms with Crippen molar-refractivity contribution in [2.45, 2.75) is 33.0 Å². The van der Waals surface area contributed by atoms with Crippen LogP contribution in [0.2, 0.25) is 0 Å². The van der Waals surface area contributed by atoms with E-state index < -0.39 is 0 Å². The van der Waals surface area contributed by atoms with Crippen molar-refractivity contribution < 1.29 is 0 Å². The molecule has 6 aromatic rings. The molecule has 6 rings (SSSR count). The van der Waals surface area contributed by atoms with Crippen LogP contribution in [0.15, 0.2) is 84.9 Å². The van der Waals surface area contributed by atoms with Gasteiger partial charge in [0.1, 0.15) is 0 Å². The first kappa shape index (κ1) is 20.6. The zero-order valence-electron chi connectivity index (χ0n) is 19.3. The van der Waals surface area contributed by atoms with Crippen molar-refractivity contribution in [3.63, 3.8) is 0 Å². The zero-order valence-corrected chi connectivity index (χ0v) is 19.3. The van der Waals surface area contributed by atoms with E-state index >= 15 is 0 Å². The Morgan fingerprint density at radius 1 is 0.529 bits per heavy atom. The first-order chi connectivity index (χ1) is 16.6. The molecule has 4 heterocycles.